The van der Waals surface area contributed by atoms with Crippen LogP contribution >= 0.6 is 0 Å². The molecule has 7 heteroatoms. The Labute approximate surface area is 258 Å². The molecular weight excluding hydrogens is 545 g/mol. The van der Waals surface area contributed by atoms with E-state index in [1.165, 1.54) is 39.9 Å². The number of nitrogens with one attached hydrogen (secondary N) is 3. The molecule has 0 atom stereocenters. The van der Waals surface area contributed by atoms with E-state index < -0.39 is 0 Å². The molecule has 6 nitrogen and oxygen atoms in total. The van der Waals surface area contributed by atoms with Crippen molar-refractivity contribution in [1.29, 1.82) is 0 Å². The number of hydrogen-bond acceptors (Lipinski definition) is 3. The van der Waals surface area contributed by atoms with Crippen LogP contribution in [-0.4, -0.2) is 33.3 Å². The van der Waals surface area contributed by atoms with E-state index >= 15 is 0 Å². The van der Waals surface area contributed by atoms with E-state index in [-0.39, 0.29) is 32.7 Å². The second-order valence-electron chi connectivity index (χ2n) is 10.0. The second-order valence-corrected chi connectivity index (χ2v) is 10.0. The third-order valence-electron chi connectivity index (χ3n) is 6.08. The molecule has 0 fully saturated rings. The van der Waals surface area contributed by atoms with Gasteiger partial charge in [0.05, 0.1) is 16.7 Å². The van der Waals surface area contributed by atoms with Gasteiger partial charge in [0, 0.05) is 50.2 Å². The van der Waals surface area contributed by atoms with E-state index in [4.69, 9.17) is 4.98 Å². The van der Waals surface area contributed by atoms with Crippen LogP contribution in [0.4, 0.5) is 0 Å². The minimum Gasteiger partial charge on any atom is -0.583 e. The molecule has 0 saturated heterocycles. The summed E-state index contributed by atoms with van der Waals surface area (Å²) in [6, 6.07) is 0. The van der Waals surface area contributed by atoms with Gasteiger partial charge in [-0.1, -0.05) is 54.3 Å². The molecule has 38 heavy (non-hydrogen) atoms. The third-order valence-corrected chi connectivity index (χ3v) is 6.08. The smallest absolute Gasteiger partial charge is 0.109 e. The van der Waals surface area contributed by atoms with Crippen molar-refractivity contribution in [2.75, 3.05) is 7.05 Å². The molecule has 3 N–H and O–H groups in total. The first-order valence-corrected chi connectivity index (χ1v) is 13.4. The molecule has 3 rings (SSSR count). The van der Waals surface area contributed by atoms with Gasteiger partial charge in [0.15, 0.2) is 0 Å². The van der Waals surface area contributed by atoms with Crippen molar-refractivity contribution in [3.8, 4) is 0 Å². The first kappa shape index (κ1) is 38.4. The van der Waals surface area contributed by atoms with Gasteiger partial charge < -0.3 is 32.1 Å². The Morgan fingerprint density at radius 3 is 1.68 bits per heavy atom. The Morgan fingerprint density at radius 2 is 1.32 bits per heavy atom. The molecule has 0 bridgehead atoms. The number of aromatic amines is 2. The summed E-state index contributed by atoms with van der Waals surface area (Å²) < 4.78 is 0. The average Bonchev–Trinajstić information content (AvgIpc) is 3.45. The molecule has 2 heterocycles. The molecule has 3 aromatic rings. The number of aryl methyl sites for hydroxylation is 4. The Bertz CT molecular complexity index is 1080. The number of imidazole rings is 2. The summed E-state index contributed by atoms with van der Waals surface area (Å²) in [4.78, 5) is 19.6. The molecule has 1 aromatic carbocycles. The topological polar surface area (TPSA) is 81.8 Å². The van der Waals surface area contributed by atoms with E-state index in [0.29, 0.717) is 11.8 Å². The predicted octanol–water partition coefficient (Wildman–Crippen LogP) is 8.32. The summed E-state index contributed by atoms with van der Waals surface area (Å²) in [5, 5.41) is 2.66. The zero-order chi connectivity index (χ0) is 28.9. The van der Waals surface area contributed by atoms with Crippen LogP contribution in [0.25, 0.3) is 11.0 Å². The van der Waals surface area contributed by atoms with Gasteiger partial charge in [-0.25, -0.2) is 16.9 Å². The number of H-pyrrole nitrogens is 2. The Morgan fingerprint density at radius 1 is 0.842 bits per heavy atom. The van der Waals surface area contributed by atoms with E-state index in [2.05, 4.69) is 107 Å². The Kier molecular flexibility index (Phi) is 19.5. The Hall–Kier alpha value is -1.79. The maximum absolute atomic E-state index is 4.72. The summed E-state index contributed by atoms with van der Waals surface area (Å²) >= 11 is 0. The van der Waals surface area contributed by atoms with Gasteiger partial charge in [-0.2, -0.15) is 0 Å². The molecule has 0 aliphatic rings. The summed E-state index contributed by atoms with van der Waals surface area (Å²) in [7, 11) is 1.76. The largest absolute Gasteiger partial charge is 0.583 e. The van der Waals surface area contributed by atoms with Crippen molar-refractivity contribution in [2.45, 2.75) is 115 Å². The number of aromatic nitrogens is 4. The number of rotatable bonds is 4. The monoisotopic (exact) mass is 597 g/mol. The molecule has 211 valence electrons. The standard InChI is InChI=1S/C14H20N2.C8H14N2.C6H10N2.C3H8.Y/c1-7(2)14-15-12-10(5)8(3)9(4)11(6)13(12)16-14;1-5(2)8-9-6(3)7(4)10-8;1-4-6(2)8-5-7-3;1-3-2;/h7H,1-6H3,(H,15,16);5H,1-4H3,(H,9,10);1-3H3,(H,7,8);3H2,1-2H3;/q;;-2;;. The number of fused-ring (bicyclic) bond motifs is 1. The van der Waals surface area contributed by atoms with Crippen LogP contribution < -0.4 is 5.32 Å². The fraction of sp³-hybridized carbons (Fsp3) is 0.581. The number of allylic oxidation sites excluding steroid dienone is 2. The van der Waals surface area contributed by atoms with Gasteiger partial charge in [-0.05, 0) is 70.8 Å². The van der Waals surface area contributed by atoms with Crippen LogP contribution in [0.15, 0.2) is 10.7 Å². The first-order valence-electron chi connectivity index (χ1n) is 13.4. The van der Waals surface area contributed by atoms with Crippen molar-refractivity contribution < 1.29 is 32.7 Å². The molecule has 0 spiro atoms. The molecule has 0 unspecified atom stereocenters. The summed E-state index contributed by atoms with van der Waals surface area (Å²) in [5.74, 6) is 3.14. The van der Waals surface area contributed by atoms with Crippen LogP contribution in [0, 0.1) is 47.6 Å². The summed E-state index contributed by atoms with van der Waals surface area (Å²) in [6.45, 7) is 29.3. The van der Waals surface area contributed by atoms with Crippen molar-refractivity contribution in [1.82, 2.24) is 25.3 Å². The maximum atomic E-state index is 4.72. The zero-order valence-electron chi connectivity index (χ0n) is 26.8. The van der Waals surface area contributed by atoms with Gasteiger partial charge >= 0.3 is 0 Å². The molecule has 1 radical (unpaired) electrons. The fourth-order valence-electron chi connectivity index (χ4n) is 3.18. The number of nitrogens with zero attached hydrogens (tertiary/aromatic N) is 3. The van der Waals surface area contributed by atoms with Crippen molar-refractivity contribution >= 4 is 17.4 Å². The van der Waals surface area contributed by atoms with Gasteiger partial charge in [-0.15, -0.1) is 6.92 Å². The van der Waals surface area contributed by atoms with Crippen LogP contribution in [-0.2, 0) is 32.7 Å². The maximum Gasteiger partial charge on any atom is 0.109 e. The Balaban J connectivity index is 0. The van der Waals surface area contributed by atoms with Crippen molar-refractivity contribution in [2.24, 2.45) is 4.99 Å². The SMILES string of the molecule is CCC.C[C-]=C(C)N=[C-]NC.Cc1c(C)c(C)c2[nH]c(C(C)C)nc2c1C.Cc1nc(C(C)C)[nH]c1C.[Y]. The number of hydrogen-bond donors (Lipinski definition) is 3. The van der Waals surface area contributed by atoms with Crippen LogP contribution in [0.3, 0.4) is 0 Å². The average molecular weight is 598 g/mol. The molecule has 2 aromatic heterocycles. The van der Waals surface area contributed by atoms with Crippen molar-refractivity contribution in [3.05, 3.63) is 57.1 Å². The van der Waals surface area contributed by atoms with Gasteiger partial charge in [-0.3, -0.25) is 0 Å². The van der Waals surface area contributed by atoms with Crippen LogP contribution in [0.2, 0.25) is 0 Å². The van der Waals surface area contributed by atoms with Gasteiger partial charge in [0.1, 0.15) is 11.6 Å². The van der Waals surface area contributed by atoms with Crippen LogP contribution in [0.1, 0.15) is 119 Å². The van der Waals surface area contributed by atoms with E-state index in [1.54, 1.807) is 7.05 Å². The predicted molar refractivity (Wildman–Crippen MR) is 162 cm³/mol. The van der Waals surface area contributed by atoms with E-state index in [9.17, 15) is 0 Å². The summed E-state index contributed by atoms with van der Waals surface area (Å²) in [6.07, 6.45) is 6.67. The molecular formula is C31H52N6Y-2. The van der Waals surface area contributed by atoms with E-state index in [1.807, 2.05) is 27.7 Å². The fourth-order valence-corrected chi connectivity index (χ4v) is 3.18. The molecule has 0 aliphatic carbocycles. The first-order chi connectivity index (χ1) is 17.3. The second kappa shape index (κ2) is 19.3. The molecule has 0 aliphatic heterocycles. The van der Waals surface area contributed by atoms with Crippen molar-refractivity contribution in [3.63, 3.8) is 0 Å². The normalized spacial score (nSPS) is 10.9. The van der Waals surface area contributed by atoms with E-state index in [0.717, 1.165) is 28.6 Å². The minimum atomic E-state index is 0. The minimum absolute atomic E-state index is 0. The third kappa shape index (κ3) is 11.9. The number of aliphatic imine (C=N–C) groups is 1. The quantitative estimate of drug-likeness (QED) is 0.122. The van der Waals surface area contributed by atoms with Gasteiger partial charge in [0.2, 0.25) is 0 Å². The molecule has 0 saturated carbocycles. The molecule has 0 amide bonds. The van der Waals surface area contributed by atoms with Crippen LogP contribution in [0.5, 0.6) is 0 Å². The zero-order valence-corrected chi connectivity index (χ0v) is 29.6. The van der Waals surface area contributed by atoms with Gasteiger partial charge in [0.25, 0.3) is 0 Å². The number of benzene rings is 1. The summed E-state index contributed by atoms with van der Waals surface area (Å²) in [5.41, 5.74) is 10.9.